The molecule has 2 fully saturated rings. The van der Waals surface area contributed by atoms with E-state index in [0.717, 1.165) is 6.07 Å². The molecule has 3 aliphatic rings. The van der Waals surface area contributed by atoms with Crippen LogP contribution in [0.5, 0.6) is 11.5 Å². The maximum Gasteiger partial charge on any atom is 0.338 e. The van der Waals surface area contributed by atoms with Crippen LogP contribution in [0.25, 0.3) is 0 Å². The number of fused-ring (bicyclic) bond motifs is 3. The third-order valence-electron chi connectivity index (χ3n) is 4.95. The molecule has 0 amide bonds. The number of benzene rings is 1. The van der Waals surface area contributed by atoms with E-state index in [2.05, 4.69) is 0 Å². The maximum absolute atomic E-state index is 12.3. The second-order valence-electron chi connectivity index (χ2n) is 6.18. The van der Waals surface area contributed by atoms with Gasteiger partial charge in [-0.2, -0.15) is 0 Å². The first-order valence-corrected chi connectivity index (χ1v) is 7.50. The van der Waals surface area contributed by atoms with Crippen molar-refractivity contribution in [2.45, 2.75) is 24.1 Å². The van der Waals surface area contributed by atoms with Crippen LogP contribution < -0.4 is 0 Å². The van der Waals surface area contributed by atoms with Crippen LogP contribution in [0.4, 0.5) is 0 Å². The Balaban J connectivity index is 1.58. The normalized spacial score (nSPS) is 38.8. The molecule has 6 atom stereocenters. The summed E-state index contributed by atoms with van der Waals surface area (Å²) >= 11 is 0. The summed E-state index contributed by atoms with van der Waals surface area (Å²) in [4.78, 5) is 12.3. The lowest BCUT2D eigenvalue weighted by molar-refractivity contribution is -0.149. The second kappa shape index (κ2) is 5.10. The third-order valence-corrected chi connectivity index (χ3v) is 4.95. The highest BCUT2D eigenvalue weighted by molar-refractivity contribution is 5.90. The number of epoxide rings is 1. The molecule has 4 rings (SSSR count). The Hall–Kier alpha value is -2.29. The SMILES string of the molecule is O=C(O[C@@H]1C2O[C@]2(CO)[C@H]2C(O)OC=C[C@@H]12)c1ccc(O)c(O)c1. The second-order valence-corrected chi connectivity index (χ2v) is 6.18. The predicted octanol–water partition coefficient (Wildman–Crippen LogP) is -0.139. The van der Waals surface area contributed by atoms with Crippen molar-refractivity contribution in [3.8, 4) is 11.5 Å². The first-order chi connectivity index (χ1) is 11.5. The molecule has 1 aromatic carbocycles. The number of ether oxygens (including phenoxy) is 3. The summed E-state index contributed by atoms with van der Waals surface area (Å²) in [6.45, 7) is -0.318. The molecule has 1 aliphatic carbocycles. The molecule has 4 N–H and O–H groups in total. The fraction of sp³-hybridized carbons (Fsp3) is 0.438. The summed E-state index contributed by atoms with van der Waals surface area (Å²) in [7, 11) is 0. The molecule has 2 aliphatic heterocycles. The Labute approximate surface area is 136 Å². The minimum atomic E-state index is -1.15. The van der Waals surface area contributed by atoms with E-state index in [9.17, 15) is 25.2 Å². The Morgan fingerprint density at radius 1 is 1.29 bits per heavy atom. The van der Waals surface area contributed by atoms with Crippen LogP contribution >= 0.6 is 0 Å². The van der Waals surface area contributed by atoms with Gasteiger partial charge >= 0.3 is 5.97 Å². The van der Waals surface area contributed by atoms with Gasteiger partial charge in [-0.1, -0.05) is 0 Å². The summed E-state index contributed by atoms with van der Waals surface area (Å²) in [6.07, 6.45) is 0.637. The zero-order valence-electron chi connectivity index (χ0n) is 12.4. The van der Waals surface area contributed by atoms with Crippen molar-refractivity contribution in [1.82, 2.24) is 0 Å². The molecular formula is C16H16O8. The number of carbonyl (C=O) groups is 1. The van der Waals surface area contributed by atoms with Gasteiger partial charge in [-0.05, 0) is 24.3 Å². The average Bonchev–Trinajstić information content (AvgIpc) is 3.24. The van der Waals surface area contributed by atoms with Gasteiger partial charge in [0.15, 0.2) is 11.5 Å². The number of carbonyl (C=O) groups excluding carboxylic acids is 1. The largest absolute Gasteiger partial charge is 0.504 e. The molecule has 24 heavy (non-hydrogen) atoms. The van der Waals surface area contributed by atoms with Crippen molar-refractivity contribution < 1.29 is 39.4 Å². The minimum absolute atomic E-state index is 0.0700. The zero-order chi connectivity index (χ0) is 17.1. The Morgan fingerprint density at radius 2 is 2.08 bits per heavy atom. The summed E-state index contributed by atoms with van der Waals surface area (Å²) < 4.78 is 16.1. The van der Waals surface area contributed by atoms with Crippen LogP contribution in [0.1, 0.15) is 10.4 Å². The fourth-order valence-electron chi connectivity index (χ4n) is 3.72. The number of phenols is 2. The molecular weight excluding hydrogens is 320 g/mol. The highest BCUT2D eigenvalue weighted by atomic mass is 16.7. The van der Waals surface area contributed by atoms with Gasteiger partial charge in [-0.15, -0.1) is 0 Å². The van der Waals surface area contributed by atoms with Crippen molar-refractivity contribution in [3.05, 3.63) is 36.1 Å². The Bertz CT molecular complexity index is 716. The molecule has 128 valence electrons. The van der Waals surface area contributed by atoms with Crippen LogP contribution in [0, 0.1) is 11.8 Å². The summed E-state index contributed by atoms with van der Waals surface area (Å²) in [5.74, 6) is -2.36. The first kappa shape index (κ1) is 15.3. The van der Waals surface area contributed by atoms with Gasteiger partial charge in [-0.25, -0.2) is 4.79 Å². The molecule has 0 aromatic heterocycles. The fourth-order valence-corrected chi connectivity index (χ4v) is 3.72. The van der Waals surface area contributed by atoms with E-state index >= 15 is 0 Å². The van der Waals surface area contributed by atoms with Crippen molar-refractivity contribution >= 4 is 5.97 Å². The Kier molecular flexibility index (Phi) is 3.24. The van der Waals surface area contributed by atoms with E-state index in [1.165, 1.54) is 18.4 Å². The molecule has 1 saturated heterocycles. The van der Waals surface area contributed by atoms with Crippen LogP contribution in [0.15, 0.2) is 30.5 Å². The molecule has 8 heteroatoms. The standard InChI is InChI=1S/C16H16O8/c17-6-16-11-8(3-4-22-15(11)21)12(13(16)24-16)23-14(20)7-1-2-9(18)10(19)5-7/h1-5,8,11-13,15,17-19,21H,6H2/t8-,11-,12+,13?,15?,16-/m1/s1. The lowest BCUT2D eigenvalue weighted by Crippen LogP contribution is -2.42. The molecule has 0 radical (unpaired) electrons. The van der Waals surface area contributed by atoms with Gasteiger partial charge < -0.3 is 34.6 Å². The highest BCUT2D eigenvalue weighted by Gasteiger charge is 2.76. The number of hydrogen-bond donors (Lipinski definition) is 4. The number of aromatic hydroxyl groups is 2. The highest BCUT2D eigenvalue weighted by Crippen LogP contribution is 2.59. The third kappa shape index (κ3) is 2.00. The molecule has 1 saturated carbocycles. The Morgan fingerprint density at radius 3 is 2.79 bits per heavy atom. The quantitative estimate of drug-likeness (QED) is 0.341. The first-order valence-electron chi connectivity index (χ1n) is 7.50. The van der Waals surface area contributed by atoms with Crippen LogP contribution in [-0.4, -0.2) is 57.1 Å². The van der Waals surface area contributed by atoms with E-state index < -0.39 is 41.7 Å². The van der Waals surface area contributed by atoms with E-state index in [4.69, 9.17) is 14.2 Å². The number of aliphatic hydroxyl groups excluding tert-OH is 2. The van der Waals surface area contributed by atoms with Crippen molar-refractivity contribution in [2.24, 2.45) is 11.8 Å². The van der Waals surface area contributed by atoms with Gasteiger partial charge in [0.2, 0.25) is 6.29 Å². The summed E-state index contributed by atoms with van der Waals surface area (Å²) in [6, 6.07) is 3.62. The topological polar surface area (TPSA) is 129 Å². The van der Waals surface area contributed by atoms with E-state index in [-0.39, 0.29) is 23.8 Å². The zero-order valence-corrected chi connectivity index (χ0v) is 12.4. The smallest absolute Gasteiger partial charge is 0.338 e. The van der Waals surface area contributed by atoms with Crippen molar-refractivity contribution in [3.63, 3.8) is 0 Å². The number of esters is 1. The molecule has 0 spiro atoms. The number of aliphatic hydroxyl groups is 2. The van der Waals surface area contributed by atoms with Crippen molar-refractivity contribution in [2.75, 3.05) is 6.61 Å². The summed E-state index contributed by atoms with van der Waals surface area (Å²) in [5.41, 5.74) is -0.905. The van der Waals surface area contributed by atoms with Gasteiger partial charge in [0.1, 0.15) is 17.8 Å². The number of rotatable bonds is 3. The van der Waals surface area contributed by atoms with Gasteiger partial charge in [0.05, 0.1) is 24.4 Å². The lowest BCUT2D eigenvalue weighted by atomic mass is 9.86. The maximum atomic E-state index is 12.3. The minimum Gasteiger partial charge on any atom is -0.504 e. The van der Waals surface area contributed by atoms with Gasteiger partial charge in [-0.3, -0.25) is 0 Å². The molecule has 8 nitrogen and oxygen atoms in total. The molecule has 2 unspecified atom stereocenters. The molecule has 2 heterocycles. The molecule has 0 bridgehead atoms. The monoisotopic (exact) mass is 336 g/mol. The molecule has 1 aromatic rings. The average molecular weight is 336 g/mol. The van der Waals surface area contributed by atoms with E-state index in [1.54, 1.807) is 6.08 Å². The van der Waals surface area contributed by atoms with Crippen LogP contribution in [0.2, 0.25) is 0 Å². The number of phenolic OH excluding ortho intramolecular Hbond substituents is 2. The summed E-state index contributed by atoms with van der Waals surface area (Å²) in [5, 5.41) is 38.5. The van der Waals surface area contributed by atoms with Crippen molar-refractivity contribution in [1.29, 1.82) is 0 Å². The van der Waals surface area contributed by atoms with Crippen LogP contribution in [-0.2, 0) is 14.2 Å². The van der Waals surface area contributed by atoms with Crippen LogP contribution in [0.3, 0.4) is 0 Å². The number of hydrogen-bond acceptors (Lipinski definition) is 8. The van der Waals surface area contributed by atoms with E-state index in [0.29, 0.717) is 0 Å². The predicted molar refractivity (Wildman–Crippen MR) is 76.9 cm³/mol. The van der Waals surface area contributed by atoms with Gasteiger partial charge in [0.25, 0.3) is 0 Å². The van der Waals surface area contributed by atoms with E-state index in [1.807, 2.05) is 0 Å². The van der Waals surface area contributed by atoms with Gasteiger partial charge in [0, 0.05) is 5.92 Å². The lowest BCUT2D eigenvalue weighted by Gasteiger charge is -2.33.